The first-order valence-electron chi connectivity index (χ1n) is 16.9. The molecule has 0 spiro atoms. The van der Waals surface area contributed by atoms with E-state index in [2.05, 4.69) is 34.9 Å². The van der Waals surface area contributed by atoms with Crippen LogP contribution >= 0.6 is 11.6 Å². The summed E-state index contributed by atoms with van der Waals surface area (Å²) in [6, 6.07) is 7.72. The van der Waals surface area contributed by atoms with Gasteiger partial charge >= 0.3 is 0 Å². The van der Waals surface area contributed by atoms with Gasteiger partial charge in [-0.05, 0) is 63.1 Å². The number of anilines is 2. The Bertz CT molecular complexity index is 1510. The molecule has 6 rings (SSSR count). The second kappa shape index (κ2) is 16.6. The number of fused-ring (bicyclic) bond motifs is 2. The minimum absolute atomic E-state index is 0.216. The van der Waals surface area contributed by atoms with E-state index in [1.54, 1.807) is 25.6 Å². The summed E-state index contributed by atoms with van der Waals surface area (Å²) in [5.74, 6) is 1.54. The molecule has 1 saturated carbocycles. The molecule has 2 bridgehead atoms. The highest BCUT2D eigenvalue weighted by molar-refractivity contribution is 6.32. The molecule has 3 fully saturated rings. The van der Waals surface area contributed by atoms with Gasteiger partial charge in [-0.25, -0.2) is 15.0 Å². The number of morpholine rings is 1. The zero-order valence-corrected chi connectivity index (χ0v) is 28.5. The summed E-state index contributed by atoms with van der Waals surface area (Å²) in [4.78, 5) is 19.9. The average molecular weight is 680 g/mol. The van der Waals surface area contributed by atoms with Gasteiger partial charge in [0.1, 0.15) is 23.9 Å². The molecule has 14 heteroatoms. The lowest BCUT2D eigenvalue weighted by molar-refractivity contribution is -0.0458. The number of ether oxygens (including phenoxy) is 4. The quantitative estimate of drug-likeness (QED) is 0.124. The van der Waals surface area contributed by atoms with E-state index in [0.29, 0.717) is 66.5 Å². The third-order valence-electron chi connectivity index (χ3n) is 9.28. The zero-order chi connectivity index (χ0) is 33.3. The summed E-state index contributed by atoms with van der Waals surface area (Å²) in [5, 5.41) is 8.75. The second-order valence-corrected chi connectivity index (χ2v) is 13.0. The lowest BCUT2D eigenvalue weighted by Gasteiger charge is -2.43. The van der Waals surface area contributed by atoms with Crippen LogP contribution in [-0.2, 0) is 9.47 Å². The second-order valence-electron chi connectivity index (χ2n) is 12.6. The molecule has 3 N–H and O–H groups in total. The number of nitrogens with one attached hydrogen (secondary N) is 1. The molecule has 48 heavy (non-hydrogen) atoms. The Morgan fingerprint density at radius 1 is 1.04 bits per heavy atom. The van der Waals surface area contributed by atoms with Gasteiger partial charge in [0, 0.05) is 56.2 Å². The predicted molar refractivity (Wildman–Crippen MR) is 187 cm³/mol. The fourth-order valence-corrected chi connectivity index (χ4v) is 7.14. The van der Waals surface area contributed by atoms with Crippen LogP contribution in [0.4, 0.5) is 11.6 Å². The summed E-state index contributed by atoms with van der Waals surface area (Å²) in [7, 11) is 1.69. The van der Waals surface area contributed by atoms with Gasteiger partial charge in [0.2, 0.25) is 5.95 Å². The minimum Gasteiger partial charge on any atom is -0.487 e. The number of aromatic nitrogens is 4. The van der Waals surface area contributed by atoms with Crippen LogP contribution in [0, 0.1) is 0 Å². The largest absolute Gasteiger partial charge is 0.487 e. The summed E-state index contributed by atoms with van der Waals surface area (Å²) in [5.41, 5.74) is 7.68. The van der Waals surface area contributed by atoms with Gasteiger partial charge in [0.05, 0.1) is 50.0 Å². The van der Waals surface area contributed by atoms with E-state index in [4.69, 9.17) is 41.4 Å². The van der Waals surface area contributed by atoms with Crippen molar-refractivity contribution in [2.45, 2.75) is 82.1 Å². The maximum atomic E-state index is 6.43. The molecule has 0 radical (unpaired) electrons. The summed E-state index contributed by atoms with van der Waals surface area (Å²) >= 11 is 6.43. The third kappa shape index (κ3) is 8.43. The molecule has 2 saturated heterocycles. The smallest absolute Gasteiger partial charge is 0.256 e. The van der Waals surface area contributed by atoms with Crippen molar-refractivity contribution < 1.29 is 18.9 Å². The molecule has 258 valence electrons. The SMILES string of the molecule is COCCCOc1nn(C2CCC(N3C4CC[C@@H]3COC4)CC2)cc1Nc1ncc(-c2ccc(Cl)c(O[C@@H](C)CN=CN=CN)c2)cn1. The van der Waals surface area contributed by atoms with Crippen LogP contribution in [0.25, 0.3) is 11.1 Å². The maximum Gasteiger partial charge on any atom is 0.256 e. The summed E-state index contributed by atoms with van der Waals surface area (Å²) in [6.07, 6.45) is 15.7. The van der Waals surface area contributed by atoms with Crippen LogP contribution in [0.2, 0.25) is 5.02 Å². The topological polar surface area (TPSA) is 147 Å². The van der Waals surface area contributed by atoms with Gasteiger partial charge in [0.25, 0.3) is 5.88 Å². The lowest BCUT2D eigenvalue weighted by atomic mass is 9.89. The van der Waals surface area contributed by atoms with Crippen LogP contribution in [0.3, 0.4) is 0 Å². The van der Waals surface area contributed by atoms with E-state index < -0.39 is 0 Å². The number of benzene rings is 1. The Labute approximate surface area is 286 Å². The molecule has 1 unspecified atom stereocenters. The molecule has 1 aromatic carbocycles. The first-order chi connectivity index (χ1) is 23.5. The average Bonchev–Trinajstić information content (AvgIpc) is 3.62. The number of rotatable bonds is 15. The predicted octanol–water partition coefficient (Wildman–Crippen LogP) is 5.28. The van der Waals surface area contributed by atoms with Crippen molar-refractivity contribution in [1.29, 1.82) is 0 Å². The fraction of sp³-hybridized carbons (Fsp3) is 0.559. The number of hydrogen-bond donors (Lipinski definition) is 2. The number of aliphatic imine (C=N–C) groups is 2. The van der Waals surface area contributed by atoms with Crippen molar-refractivity contribution in [3.63, 3.8) is 0 Å². The lowest BCUT2D eigenvalue weighted by Crippen LogP contribution is -2.52. The van der Waals surface area contributed by atoms with E-state index in [1.165, 1.54) is 38.4 Å². The Kier molecular flexibility index (Phi) is 11.8. The van der Waals surface area contributed by atoms with Crippen LogP contribution in [0.5, 0.6) is 11.6 Å². The standard InChI is InChI=1S/C34H46ClN9O4/c1-23(15-37-22-38-21-36)48-32-14-24(4-11-30(32)35)25-16-39-34(40-17-25)41-31-18-43(42-33(31)47-13-3-12-45-2)26-5-7-27(8-6-26)44-28-9-10-29(44)20-46-19-28/h4,11,14,16-18,21-23,26-29H,3,5-10,12-13,15,19-20H2,1-2H3,(H2,36,37,38)(H,39,40,41)/t23-,26?,27?,28+,29?/m0/s1. The third-order valence-corrected chi connectivity index (χ3v) is 9.59. The molecular formula is C34H46ClN9O4. The first-order valence-corrected chi connectivity index (χ1v) is 17.2. The maximum absolute atomic E-state index is 6.43. The van der Waals surface area contributed by atoms with Gasteiger partial charge in [-0.1, -0.05) is 17.7 Å². The molecule has 1 aliphatic carbocycles. The molecule has 3 atom stereocenters. The molecule has 0 amide bonds. The van der Waals surface area contributed by atoms with Gasteiger partial charge in [-0.3, -0.25) is 14.6 Å². The van der Waals surface area contributed by atoms with Crippen molar-refractivity contribution in [2.75, 3.05) is 45.4 Å². The number of halogens is 1. The molecule has 3 aliphatic rings. The molecule has 3 aromatic rings. The summed E-state index contributed by atoms with van der Waals surface area (Å²) < 4.78 is 25.3. The van der Waals surface area contributed by atoms with Gasteiger partial charge < -0.3 is 30.0 Å². The van der Waals surface area contributed by atoms with E-state index in [0.717, 1.165) is 49.3 Å². The highest BCUT2D eigenvalue weighted by atomic mass is 35.5. The van der Waals surface area contributed by atoms with Crippen molar-refractivity contribution in [2.24, 2.45) is 15.7 Å². The molecular weight excluding hydrogens is 634 g/mol. The Balaban J connectivity index is 1.11. The monoisotopic (exact) mass is 679 g/mol. The van der Waals surface area contributed by atoms with E-state index >= 15 is 0 Å². The molecule has 13 nitrogen and oxygen atoms in total. The molecule has 2 aromatic heterocycles. The number of nitrogens with two attached hydrogens (primary N) is 1. The van der Waals surface area contributed by atoms with Crippen LogP contribution < -0.4 is 20.5 Å². The normalized spacial score (nSPS) is 23.6. The minimum atomic E-state index is -0.216. The van der Waals surface area contributed by atoms with Gasteiger partial charge in [-0.2, -0.15) is 0 Å². The Hall–Kier alpha value is -3.78. The number of nitrogens with zero attached hydrogens (tertiary/aromatic N) is 7. The van der Waals surface area contributed by atoms with Crippen LogP contribution in [0.15, 0.2) is 46.8 Å². The van der Waals surface area contributed by atoms with E-state index in [1.807, 2.05) is 25.3 Å². The van der Waals surface area contributed by atoms with Crippen molar-refractivity contribution in [1.82, 2.24) is 24.6 Å². The van der Waals surface area contributed by atoms with Crippen molar-refractivity contribution in [3.05, 3.63) is 41.8 Å². The van der Waals surface area contributed by atoms with Crippen LogP contribution in [0.1, 0.15) is 57.9 Å². The highest BCUT2D eigenvalue weighted by Gasteiger charge is 2.42. The Morgan fingerprint density at radius 2 is 1.77 bits per heavy atom. The molecule has 2 aliphatic heterocycles. The molecule has 4 heterocycles. The summed E-state index contributed by atoms with van der Waals surface area (Å²) in [6.45, 7) is 5.21. The van der Waals surface area contributed by atoms with E-state index in [9.17, 15) is 0 Å². The van der Waals surface area contributed by atoms with Gasteiger partial charge in [-0.15, -0.1) is 5.10 Å². The van der Waals surface area contributed by atoms with Crippen molar-refractivity contribution in [3.8, 4) is 22.8 Å². The Morgan fingerprint density at radius 3 is 2.50 bits per heavy atom. The van der Waals surface area contributed by atoms with Crippen molar-refractivity contribution >= 4 is 35.9 Å². The highest BCUT2D eigenvalue weighted by Crippen LogP contribution is 2.39. The van der Waals surface area contributed by atoms with Crippen LogP contribution in [-0.4, -0.2) is 102 Å². The number of hydrogen-bond acceptors (Lipinski definition) is 10. The zero-order valence-electron chi connectivity index (χ0n) is 27.7. The van der Waals surface area contributed by atoms with Gasteiger partial charge in [0.15, 0.2) is 0 Å². The van der Waals surface area contributed by atoms with E-state index in [-0.39, 0.29) is 6.10 Å². The first kappa shape index (κ1) is 34.1. The fourth-order valence-electron chi connectivity index (χ4n) is 6.97. The number of methoxy groups -OCH3 is 1.